The average molecular weight is 291 g/mol. The van der Waals surface area contributed by atoms with Crippen LogP contribution in [0.25, 0.3) is 0 Å². The minimum atomic E-state index is -0.390. The Morgan fingerprint density at radius 3 is 2.43 bits per heavy atom. The summed E-state index contributed by atoms with van der Waals surface area (Å²) in [4.78, 5) is 11.8. The number of amides is 1. The number of nitrogens with one attached hydrogen (secondary N) is 1. The topological polar surface area (TPSA) is 38.3 Å². The molecule has 1 N–H and O–H groups in total. The summed E-state index contributed by atoms with van der Waals surface area (Å²) < 4.78 is 31.1. The molecule has 0 radical (unpaired) electrons. The normalized spacial score (nSPS) is 10.2. The van der Waals surface area contributed by atoms with Gasteiger partial charge in [0, 0.05) is 12.1 Å². The summed E-state index contributed by atoms with van der Waals surface area (Å²) in [5.74, 6) is -0.450. The summed E-state index contributed by atoms with van der Waals surface area (Å²) in [5, 5.41) is 2.68. The molecule has 1 amide bonds. The number of halogens is 2. The van der Waals surface area contributed by atoms with Gasteiger partial charge in [-0.2, -0.15) is 0 Å². The van der Waals surface area contributed by atoms with Crippen molar-refractivity contribution in [3.05, 3.63) is 65.2 Å². The Labute approximate surface area is 121 Å². The van der Waals surface area contributed by atoms with E-state index in [1.54, 1.807) is 12.1 Å². The second-order valence-corrected chi connectivity index (χ2v) is 4.54. The van der Waals surface area contributed by atoms with E-state index in [2.05, 4.69) is 5.32 Å². The minimum Gasteiger partial charge on any atom is -0.496 e. The number of ether oxygens (including phenoxy) is 1. The number of benzene rings is 2. The van der Waals surface area contributed by atoms with E-state index in [0.717, 1.165) is 0 Å². The smallest absolute Gasteiger partial charge is 0.224 e. The van der Waals surface area contributed by atoms with Crippen molar-refractivity contribution in [1.82, 2.24) is 5.32 Å². The van der Waals surface area contributed by atoms with Gasteiger partial charge in [0.15, 0.2) is 0 Å². The zero-order valence-electron chi connectivity index (χ0n) is 11.5. The van der Waals surface area contributed by atoms with E-state index < -0.39 is 5.82 Å². The average Bonchev–Trinajstić information content (AvgIpc) is 2.48. The standard InChI is InChI=1S/C16H15F2NO2/c1-21-15-7-6-14(18)9-12(15)10-19-16(20)8-11-2-4-13(17)5-3-11/h2-7,9H,8,10H2,1H3,(H,19,20). The molecular formula is C16H15F2NO2. The summed E-state index contributed by atoms with van der Waals surface area (Å²) in [6.45, 7) is 0.168. The SMILES string of the molecule is COc1ccc(F)cc1CNC(=O)Cc1ccc(F)cc1. The lowest BCUT2D eigenvalue weighted by Crippen LogP contribution is -2.24. The first kappa shape index (κ1) is 15.0. The third-order valence-corrected chi connectivity index (χ3v) is 3.00. The number of hydrogen-bond donors (Lipinski definition) is 1. The van der Waals surface area contributed by atoms with E-state index in [1.807, 2.05) is 0 Å². The summed E-state index contributed by atoms with van der Waals surface area (Å²) in [7, 11) is 1.48. The number of hydrogen-bond acceptors (Lipinski definition) is 2. The second kappa shape index (κ2) is 6.83. The summed E-state index contributed by atoms with van der Waals surface area (Å²) in [5.41, 5.74) is 1.27. The Hall–Kier alpha value is -2.43. The molecule has 0 heterocycles. The fourth-order valence-corrected chi connectivity index (χ4v) is 1.93. The molecule has 0 spiro atoms. The third kappa shape index (κ3) is 4.27. The number of carbonyl (C=O) groups excluding carboxylic acids is 1. The van der Waals surface area contributed by atoms with E-state index in [0.29, 0.717) is 16.9 Å². The van der Waals surface area contributed by atoms with Crippen LogP contribution in [0.2, 0.25) is 0 Å². The quantitative estimate of drug-likeness (QED) is 0.920. The summed E-state index contributed by atoms with van der Waals surface area (Å²) in [6.07, 6.45) is 0.137. The van der Waals surface area contributed by atoms with Crippen LogP contribution in [-0.4, -0.2) is 13.0 Å². The lowest BCUT2D eigenvalue weighted by molar-refractivity contribution is -0.120. The highest BCUT2D eigenvalue weighted by molar-refractivity contribution is 5.78. The lowest BCUT2D eigenvalue weighted by Gasteiger charge is -2.10. The maximum absolute atomic E-state index is 13.2. The maximum atomic E-state index is 13.2. The molecule has 0 atom stereocenters. The van der Waals surface area contributed by atoms with Crippen molar-refractivity contribution >= 4 is 5.91 Å². The molecule has 0 fully saturated rings. The van der Waals surface area contributed by atoms with E-state index in [4.69, 9.17) is 4.74 Å². The van der Waals surface area contributed by atoms with Crippen LogP contribution in [0.1, 0.15) is 11.1 Å². The summed E-state index contributed by atoms with van der Waals surface area (Å²) >= 11 is 0. The van der Waals surface area contributed by atoms with Gasteiger partial charge in [-0.3, -0.25) is 4.79 Å². The summed E-state index contributed by atoms with van der Waals surface area (Å²) in [6, 6.07) is 9.84. The van der Waals surface area contributed by atoms with E-state index >= 15 is 0 Å². The first-order valence-electron chi connectivity index (χ1n) is 6.42. The van der Waals surface area contributed by atoms with Gasteiger partial charge in [0.05, 0.1) is 13.5 Å². The Kier molecular flexibility index (Phi) is 4.87. The molecule has 2 rings (SSSR count). The number of rotatable bonds is 5. The molecule has 0 bridgehead atoms. The molecule has 0 aliphatic heterocycles. The van der Waals surface area contributed by atoms with Gasteiger partial charge < -0.3 is 10.1 Å². The molecule has 5 heteroatoms. The molecule has 2 aromatic rings. The zero-order valence-corrected chi connectivity index (χ0v) is 11.5. The highest BCUT2D eigenvalue weighted by Gasteiger charge is 2.08. The van der Waals surface area contributed by atoms with Gasteiger partial charge in [-0.25, -0.2) is 8.78 Å². The van der Waals surface area contributed by atoms with Crippen LogP contribution in [-0.2, 0) is 17.8 Å². The van der Waals surface area contributed by atoms with Crippen molar-refractivity contribution in [3.63, 3.8) is 0 Å². The Morgan fingerprint density at radius 2 is 1.76 bits per heavy atom. The van der Waals surface area contributed by atoms with Crippen LogP contribution in [0.5, 0.6) is 5.75 Å². The molecule has 0 aromatic heterocycles. The highest BCUT2D eigenvalue weighted by atomic mass is 19.1. The van der Waals surface area contributed by atoms with E-state index in [9.17, 15) is 13.6 Å². The third-order valence-electron chi connectivity index (χ3n) is 3.00. The van der Waals surface area contributed by atoms with Crippen LogP contribution in [0, 0.1) is 11.6 Å². The van der Waals surface area contributed by atoms with Gasteiger partial charge in [-0.1, -0.05) is 12.1 Å². The van der Waals surface area contributed by atoms with Crippen molar-refractivity contribution in [2.75, 3.05) is 7.11 Å². The molecule has 110 valence electrons. The Morgan fingerprint density at radius 1 is 1.10 bits per heavy atom. The molecule has 0 saturated carbocycles. The zero-order chi connectivity index (χ0) is 15.2. The largest absolute Gasteiger partial charge is 0.496 e. The fourth-order valence-electron chi connectivity index (χ4n) is 1.93. The maximum Gasteiger partial charge on any atom is 0.224 e. The van der Waals surface area contributed by atoms with Gasteiger partial charge in [-0.15, -0.1) is 0 Å². The molecule has 0 aliphatic rings. The van der Waals surface area contributed by atoms with Gasteiger partial charge in [0.25, 0.3) is 0 Å². The predicted molar refractivity (Wildman–Crippen MR) is 74.9 cm³/mol. The lowest BCUT2D eigenvalue weighted by atomic mass is 10.1. The molecular weight excluding hydrogens is 276 g/mol. The van der Waals surface area contributed by atoms with Crippen molar-refractivity contribution in [2.45, 2.75) is 13.0 Å². The second-order valence-electron chi connectivity index (χ2n) is 4.54. The van der Waals surface area contributed by atoms with Crippen LogP contribution in [0.15, 0.2) is 42.5 Å². The highest BCUT2D eigenvalue weighted by Crippen LogP contribution is 2.19. The van der Waals surface area contributed by atoms with Crippen molar-refractivity contribution in [1.29, 1.82) is 0 Å². The minimum absolute atomic E-state index is 0.137. The monoisotopic (exact) mass is 291 g/mol. The molecule has 0 saturated heterocycles. The van der Waals surface area contributed by atoms with Crippen LogP contribution >= 0.6 is 0 Å². The molecule has 0 unspecified atom stereocenters. The predicted octanol–water partition coefficient (Wildman–Crippen LogP) is 2.83. The van der Waals surface area contributed by atoms with Crippen molar-refractivity contribution in [2.24, 2.45) is 0 Å². The Balaban J connectivity index is 1.95. The first-order chi connectivity index (χ1) is 10.1. The van der Waals surface area contributed by atoms with Crippen molar-refractivity contribution < 1.29 is 18.3 Å². The van der Waals surface area contributed by atoms with Crippen molar-refractivity contribution in [3.8, 4) is 5.75 Å². The van der Waals surface area contributed by atoms with Crippen LogP contribution < -0.4 is 10.1 Å². The van der Waals surface area contributed by atoms with E-state index in [-0.39, 0.29) is 24.7 Å². The molecule has 21 heavy (non-hydrogen) atoms. The van der Waals surface area contributed by atoms with Crippen LogP contribution in [0.4, 0.5) is 8.78 Å². The number of methoxy groups -OCH3 is 1. The Bertz CT molecular complexity index is 627. The molecule has 2 aromatic carbocycles. The van der Waals surface area contributed by atoms with Gasteiger partial charge in [0.2, 0.25) is 5.91 Å². The van der Waals surface area contributed by atoms with Gasteiger partial charge in [0.1, 0.15) is 17.4 Å². The fraction of sp³-hybridized carbons (Fsp3) is 0.188. The molecule has 0 aliphatic carbocycles. The van der Waals surface area contributed by atoms with Gasteiger partial charge in [-0.05, 0) is 35.9 Å². The van der Waals surface area contributed by atoms with E-state index in [1.165, 1.54) is 37.4 Å². The first-order valence-corrected chi connectivity index (χ1v) is 6.42. The molecule has 3 nitrogen and oxygen atoms in total. The van der Waals surface area contributed by atoms with Crippen LogP contribution in [0.3, 0.4) is 0 Å². The van der Waals surface area contributed by atoms with Gasteiger partial charge >= 0.3 is 0 Å². The number of carbonyl (C=O) groups is 1.